The summed E-state index contributed by atoms with van der Waals surface area (Å²) in [5.74, 6) is 0.202. The van der Waals surface area contributed by atoms with Crippen LogP contribution in [-0.4, -0.2) is 35.2 Å². The fourth-order valence-corrected chi connectivity index (χ4v) is 3.15. The highest BCUT2D eigenvalue weighted by molar-refractivity contribution is 6.61. The van der Waals surface area contributed by atoms with Crippen molar-refractivity contribution < 1.29 is 14.4 Å². The van der Waals surface area contributed by atoms with Gasteiger partial charge >= 0.3 is 7.12 Å². The van der Waals surface area contributed by atoms with Crippen LogP contribution in [0.3, 0.4) is 0 Å². The van der Waals surface area contributed by atoms with Crippen molar-refractivity contribution in [1.82, 2.24) is 9.78 Å². The van der Waals surface area contributed by atoms with Gasteiger partial charge in [-0.3, -0.25) is 0 Å². The van der Waals surface area contributed by atoms with Gasteiger partial charge in [-0.2, -0.15) is 5.10 Å². The lowest BCUT2D eigenvalue weighted by atomic mass is 9.75. The molecule has 1 saturated heterocycles. The molecule has 0 unspecified atom stereocenters. The molecule has 25 heavy (non-hydrogen) atoms. The van der Waals surface area contributed by atoms with Gasteiger partial charge in [0.05, 0.1) is 11.2 Å². The number of nitrogens with zero attached hydrogens (tertiary/aromatic N) is 2. The largest absolute Gasteiger partial charge is 0.508 e. The van der Waals surface area contributed by atoms with E-state index in [1.807, 2.05) is 18.2 Å². The predicted molar refractivity (Wildman–Crippen MR) is 98.8 cm³/mol. The topological polar surface area (TPSA) is 56.5 Å². The number of fused-ring (bicyclic) bond motifs is 1. The molecule has 2 heterocycles. The molecule has 0 saturated carbocycles. The zero-order chi connectivity index (χ0) is 17.6. The summed E-state index contributed by atoms with van der Waals surface area (Å²) < 4.78 is 13.4. The predicted octanol–water partition coefficient (Wildman–Crippen LogP) is 3.15. The summed E-state index contributed by atoms with van der Waals surface area (Å²) in [5, 5.41) is 15.3. The van der Waals surface area contributed by atoms with E-state index in [0.717, 1.165) is 22.1 Å². The van der Waals surface area contributed by atoms with Crippen molar-refractivity contribution in [3.8, 4) is 11.4 Å². The first-order chi connectivity index (χ1) is 11.9. The monoisotopic (exact) mass is 356 g/mol. The van der Waals surface area contributed by atoms with Crippen molar-refractivity contribution in [1.29, 1.82) is 0 Å². The molecule has 1 aliphatic heterocycles. The second-order valence-corrected chi connectivity index (χ2v) is 7.47. The van der Waals surface area contributed by atoms with Gasteiger partial charge in [0.15, 0.2) is 0 Å². The summed E-state index contributed by atoms with van der Waals surface area (Å²) in [7, 11) is -0.384. The Bertz CT molecular complexity index is 914. The third-order valence-electron chi connectivity index (χ3n) is 4.25. The van der Waals surface area contributed by atoms with Crippen LogP contribution in [0.1, 0.15) is 13.8 Å². The van der Waals surface area contributed by atoms with E-state index < -0.39 is 0 Å². The van der Waals surface area contributed by atoms with E-state index in [1.165, 1.54) is 0 Å². The van der Waals surface area contributed by atoms with Crippen molar-refractivity contribution in [2.24, 2.45) is 5.41 Å². The molecule has 128 valence electrons. The molecule has 3 aromatic rings. The zero-order valence-corrected chi connectivity index (χ0v) is 14.8. The van der Waals surface area contributed by atoms with Gasteiger partial charge < -0.3 is 14.4 Å². The molecule has 1 aliphatic rings. The molecular weight excluding hydrogens is 338 g/mol. The van der Waals surface area contributed by atoms with E-state index in [2.05, 4.69) is 18.9 Å². The van der Waals surface area contributed by atoms with Crippen LogP contribution in [0.25, 0.3) is 16.6 Å². The maximum atomic E-state index is 9.44. The van der Waals surface area contributed by atoms with Crippen LogP contribution < -0.4 is 5.46 Å². The smallest absolute Gasteiger partial charge is 0.493 e. The van der Waals surface area contributed by atoms with E-state index in [1.54, 1.807) is 28.9 Å². The van der Waals surface area contributed by atoms with Crippen LogP contribution in [0.5, 0.6) is 5.75 Å². The first-order valence-electron chi connectivity index (χ1n) is 8.14. The van der Waals surface area contributed by atoms with Crippen molar-refractivity contribution in [2.45, 2.75) is 13.8 Å². The molecule has 0 radical (unpaired) electrons. The molecule has 1 N–H and O–H groups in total. The molecule has 1 aromatic heterocycles. The number of rotatable bonds is 2. The molecule has 1 fully saturated rings. The minimum absolute atomic E-state index is 0.0298. The molecule has 5 nitrogen and oxygen atoms in total. The van der Waals surface area contributed by atoms with Crippen LogP contribution in [-0.2, 0) is 9.31 Å². The van der Waals surface area contributed by atoms with Crippen LogP contribution >= 0.6 is 11.6 Å². The maximum Gasteiger partial charge on any atom is 0.493 e. The highest BCUT2D eigenvalue weighted by Gasteiger charge is 2.33. The Labute approximate surface area is 151 Å². The van der Waals surface area contributed by atoms with Crippen molar-refractivity contribution in [3.63, 3.8) is 0 Å². The van der Waals surface area contributed by atoms with Crippen molar-refractivity contribution in [3.05, 3.63) is 47.6 Å². The molecular formula is C18H18BClN2O3. The lowest BCUT2D eigenvalue weighted by Gasteiger charge is -2.33. The second-order valence-electron chi connectivity index (χ2n) is 7.11. The van der Waals surface area contributed by atoms with Gasteiger partial charge in [-0.15, -0.1) is 0 Å². The fourth-order valence-electron chi connectivity index (χ4n) is 2.87. The van der Waals surface area contributed by atoms with E-state index in [9.17, 15) is 5.11 Å². The van der Waals surface area contributed by atoms with Gasteiger partial charge in [0, 0.05) is 24.0 Å². The van der Waals surface area contributed by atoms with Crippen molar-refractivity contribution in [2.75, 3.05) is 13.2 Å². The van der Waals surface area contributed by atoms with Gasteiger partial charge in [0.2, 0.25) is 0 Å². The second kappa shape index (κ2) is 6.06. The fraction of sp³-hybridized carbons (Fsp3) is 0.278. The number of phenolic OH excluding ortho intramolecular Hbond substituents is 1. The molecule has 0 spiro atoms. The van der Waals surface area contributed by atoms with E-state index in [0.29, 0.717) is 18.4 Å². The Kier molecular flexibility index (Phi) is 3.99. The lowest BCUT2D eigenvalue weighted by Crippen LogP contribution is -2.47. The number of benzene rings is 2. The van der Waals surface area contributed by atoms with Gasteiger partial charge in [0.25, 0.3) is 0 Å². The Hall–Kier alpha value is -2.02. The third kappa shape index (κ3) is 3.13. The standard InChI is InChI=1S/C18H18BClN2O3/c1-18(2)10-24-19(25-11-18)12-3-8-16-15(9-12)17(20)22(21-16)13-4-6-14(23)7-5-13/h3-9,23H,10-11H2,1-2H3. The highest BCUT2D eigenvalue weighted by atomic mass is 35.5. The third-order valence-corrected chi connectivity index (χ3v) is 4.62. The summed E-state index contributed by atoms with van der Waals surface area (Å²) in [6.45, 7) is 5.53. The molecule has 2 aromatic carbocycles. The van der Waals surface area contributed by atoms with Crippen LogP contribution in [0.4, 0.5) is 0 Å². The Morgan fingerprint density at radius 1 is 1.12 bits per heavy atom. The molecule has 0 aliphatic carbocycles. The van der Waals surface area contributed by atoms with E-state index in [-0.39, 0.29) is 18.3 Å². The normalized spacial score (nSPS) is 17.2. The molecule has 4 rings (SSSR count). The quantitative estimate of drug-likeness (QED) is 0.717. The minimum Gasteiger partial charge on any atom is -0.508 e. The molecule has 7 heteroatoms. The number of hydrogen-bond donors (Lipinski definition) is 1. The molecule has 0 atom stereocenters. The molecule has 0 amide bonds. The van der Waals surface area contributed by atoms with Gasteiger partial charge in [-0.05, 0) is 41.9 Å². The summed E-state index contributed by atoms with van der Waals surface area (Å²) >= 11 is 6.54. The van der Waals surface area contributed by atoms with Crippen molar-refractivity contribution >= 4 is 35.1 Å². The van der Waals surface area contributed by atoms with E-state index in [4.69, 9.17) is 20.9 Å². The SMILES string of the molecule is CC1(C)COB(c2ccc3nn(-c4ccc(O)cc4)c(Cl)c3c2)OC1. The Balaban J connectivity index is 1.69. The van der Waals surface area contributed by atoms with Gasteiger partial charge in [-0.1, -0.05) is 31.5 Å². The Morgan fingerprint density at radius 2 is 1.80 bits per heavy atom. The van der Waals surface area contributed by atoms with E-state index >= 15 is 0 Å². The lowest BCUT2D eigenvalue weighted by molar-refractivity contribution is 0.0343. The van der Waals surface area contributed by atoms with Crippen LogP contribution in [0.2, 0.25) is 5.15 Å². The summed E-state index contributed by atoms with van der Waals surface area (Å²) in [4.78, 5) is 0. The van der Waals surface area contributed by atoms with Crippen LogP contribution in [0, 0.1) is 5.41 Å². The first-order valence-corrected chi connectivity index (χ1v) is 8.52. The maximum absolute atomic E-state index is 9.44. The first kappa shape index (κ1) is 16.5. The average Bonchev–Trinajstić information content (AvgIpc) is 2.92. The number of aromatic hydroxyl groups is 1. The summed E-state index contributed by atoms with van der Waals surface area (Å²) in [6.07, 6.45) is 0. The van der Waals surface area contributed by atoms with Gasteiger partial charge in [-0.25, -0.2) is 4.68 Å². The Morgan fingerprint density at radius 3 is 2.48 bits per heavy atom. The number of aromatic nitrogens is 2. The van der Waals surface area contributed by atoms with Crippen LogP contribution in [0.15, 0.2) is 42.5 Å². The summed E-state index contributed by atoms with van der Waals surface area (Å²) in [6, 6.07) is 12.6. The number of phenols is 1. The van der Waals surface area contributed by atoms with Gasteiger partial charge in [0.1, 0.15) is 10.9 Å². The number of halogens is 1. The minimum atomic E-state index is -0.384. The summed E-state index contributed by atoms with van der Waals surface area (Å²) in [5.41, 5.74) is 2.53. The zero-order valence-electron chi connectivity index (χ0n) is 14.1. The average molecular weight is 357 g/mol. The molecule has 0 bridgehead atoms. The number of hydrogen-bond acceptors (Lipinski definition) is 4. The highest BCUT2D eigenvalue weighted by Crippen LogP contribution is 2.27.